The maximum absolute atomic E-state index is 5.70. The first-order chi connectivity index (χ1) is 7.83. The van der Waals surface area contributed by atoms with E-state index in [4.69, 9.17) is 5.73 Å². The van der Waals surface area contributed by atoms with E-state index in [-0.39, 0.29) is 6.17 Å². The normalized spacial score (nSPS) is 17.4. The number of nitrogens with two attached hydrogens (primary N) is 1. The summed E-state index contributed by atoms with van der Waals surface area (Å²) in [7, 11) is 0. The van der Waals surface area contributed by atoms with E-state index in [0.717, 1.165) is 16.3 Å². The molecule has 1 aliphatic rings. The summed E-state index contributed by atoms with van der Waals surface area (Å²) in [5.74, 6) is 0. The summed E-state index contributed by atoms with van der Waals surface area (Å²) in [6.45, 7) is 0. The van der Waals surface area contributed by atoms with Crippen molar-refractivity contribution < 1.29 is 0 Å². The van der Waals surface area contributed by atoms with Crippen molar-refractivity contribution in [2.24, 2.45) is 9.98 Å². The monoisotopic (exact) mass is 210 g/mol. The van der Waals surface area contributed by atoms with Gasteiger partial charge in [0, 0.05) is 23.6 Å². The minimum absolute atomic E-state index is 0.175. The second-order valence-corrected chi connectivity index (χ2v) is 3.67. The van der Waals surface area contributed by atoms with Gasteiger partial charge in [-0.1, -0.05) is 6.07 Å². The molecule has 1 atom stereocenters. The third kappa shape index (κ3) is 1.44. The molecule has 1 unspecified atom stereocenters. The molecule has 0 fully saturated rings. The Morgan fingerprint density at radius 1 is 1.06 bits per heavy atom. The van der Waals surface area contributed by atoms with Crippen molar-refractivity contribution in [2.45, 2.75) is 6.17 Å². The lowest BCUT2D eigenvalue weighted by molar-refractivity contribution is 0.766. The zero-order valence-corrected chi connectivity index (χ0v) is 8.54. The first-order valence-electron chi connectivity index (χ1n) is 5.04. The number of fused-ring (bicyclic) bond motifs is 1. The highest BCUT2D eigenvalue weighted by molar-refractivity contribution is 5.36. The summed E-state index contributed by atoms with van der Waals surface area (Å²) in [6, 6.07) is 9.43. The average Bonchev–Trinajstić information content (AvgIpc) is 2.73. The fraction of sp³-hybridized carbons (Fsp3) is 0.0833. The van der Waals surface area contributed by atoms with Crippen molar-refractivity contribution in [1.29, 1.82) is 0 Å². The summed E-state index contributed by atoms with van der Waals surface area (Å²) < 4.78 is 0. The molecule has 1 aromatic heterocycles. The SMILES string of the molecule is Nc1ccc2c(c1)=NC(c1cccnc1)N=2. The number of nitrogen functional groups attached to an aromatic ring is 1. The number of rotatable bonds is 1. The molecule has 2 heterocycles. The van der Waals surface area contributed by atoms with Gasteiger partial charge in [0.05, 0.1) is 10.7 Å². The topological polar surface area (TPSA) is 63.6 Å². The third-order valence-electron chi connectivity index (χ3n) is 2.50. The van der Waals surface area contributed by atoms with Gasteiger partial charge in [0.1, 0.15) is 0 Å². The molecular weight excluding hydrogens is 200 g/mol. The van der Waals surface area contributed by atoms with Crippen LogP contribution in [0.25, 0.3) is 0 Å². The molecule has 78 valence electrons. The predicted molar refractivity (Wildman–Crippen MR) is 60.1 cm³/mol. The number of anilines is 1. The number of hydrogen-bond donors (Lipinski definition) is 1. The summed E-state index contributed by atoms with van der Waals surface area (Å²) in [4.78, 5) is 13.1. The largest absolute Gasteiger partial charge is 0.399 e. The Hall–Kier alpha value is -2.23. The molecule has 0 bridgehead atoms. The lowest BCUT2D eigenvalue weighted by Gasteiger charge is -2.01. The molecule has 1 aromatic carbocycles. The highest BCUT2D eigenvalue weighted by atomic mass is 15.0. The third-order valence-corrected chi connectivity index (χ3v) is 2.50. The van der Waals surface area contributed by atoms with Gasteiger partial charge < -0.3 is 5.73 Å². The standard InChI is InChI=1S/C12H10N4/c13-9-3-4-10-11(6-9)16-12(15-10)8-2-1-5-14-7-8/h1-7,12H,13H2. The number of aromatic nitrogens is 1. The molecular formula is C12H10N4. The Labute approximate surface area is 92.2 Å². The molecule has 0 spiro atoms. The van der Waals surface area contributed by atoms with E-state index in [1.165, 1.54) is 0 Å². The van der Waals surface area contributed by atoms with Crippen LogP contribution in [0.15, 0.2) is 52.7 Å². The van der Waals surface area contributed by atoms with Crippen molar-refractivity contribution in [3.05, 3.63) is 59.0 Å². The summed E-state index contributed by atoms with van der Waals surface area (Å²) >= 11 is 0. The van der Waals surface area contributed by atoms with Gasteiger partial charge in [0.25, 0.3) is 0 Å². The highest BCUT2D eigenvalue weighted by Crippen LogP contribution is 2.17. The fourth-order valence-corrected chi connectivity index (χ4v) is 1.72. The van der Waals surface area contributed by atoms with Gasteiger partial charge in [-0.25, -0.2) is 0 Å². The Morgan fingerprint density at radius 3 is 2.75 bits per heavy atom. The minimum Gasteiger partial charge on any atom is -0.399 e. The van der Waals surface area contributed by atoms with Crippen molar-refractivity contribution in [2.75, 3.05) is 5.73 Å². The Morgan fingerprint density at radius 2 is 1.94 bits per heavy atom. The smallest absolute Gasteiger partial charge is 0.168 e. The van der Waals surface area contributed by atoms with Crippen molar-refractivity contribution in [3.63, 3.8) is 0 Å². The Kier molecular flexibility index (Phi) is 1.93. The van der Waals surface area contributed by atoms with Crippen LogP contribution in [0, 0.1) is 0 Å². The number of benzene rings is 1. The van der Waals surface area contributed by atoms with Gasteiger partial charge in [0.15, 0.2) is 6.17 Å². The zero-order chi connectivity index (χ0) is 11.0. The maximum Gasteiger partial charge on any atom is 0.168 e. The molecule has 0 saturated heterocycles. The first kappa shape index (κ1) is 9.03. The van der Waals surface area contributed by atoms with Crippen LogP contribution < -0.4 is 16.4 Å². The quantitative estimate of drug-likeness (QED) is 0.701. The van der Waals surface area contributed by atoms with Crippen LogP contribution in [0.2, 0.25) is 0 Å². The molecule has 2 N–H and O–H groups in total. The van der Waals surface area contributed by atoms with Crippen LogP contribution in [-0.4, -0.2) is 4.98 Å². The summed E-state index contributed by atoms with van der Waals surface area (Å²) in [5, 5.41) is 1.75. The van der Waals surface area contributed by atoms with Gasteiger partial charge >= 0.3 is 0 Å². The van der Waals surface area contributed by atoms with E-state index in [9.17, 15) is 0 Å². The highest BCUT2D eigenvalue weighted by Gasteiger charge is 2.12. The molecule has 4 nitrogen and oxygen atoms in total. The van der Waals surface area contributed by atoms with E-state index in [0.29, 0.717) is 5.69 Å². The van der Waals surface area contributed by atoms with Crippen LogP contribution in [0.1, 0.15) is 11.7 Å². The van der Waals surface area contributed by atoms with Gasteiger partial charge in [-0.15, -0.1) is 0 Å². The molecule has 16 heavy (non-hydrogen) atoms. The van der Waals surface area contributed by atoms with E-state index in [2.05, 4.69) is 15.0 Å². The van der Waals surface area contributed by atoms with Gasteiger partial charge in [0.2, 0.25) is 0 Å². The molecule has 3 rings (SSSR count). The molecule has 1 aliphatic heterocycles. The van der Waals surface area contributed by atoms with Crippen LogP contribution in [-0.2, 0) is 0 Å². The fourth-order valence-electron chi connectivity index (χ4n) is 1.72. The Balaban J connectivity index is 2.11. The second kappa shape index (κ2) is 3.41. The molecule has 0 radical (unpaired) electrons. The zero-order valence-electron chi connectivity index (χ0n) is 8.54. The van der Waals surface area contributed by atoms with Crippen LogP contribution in [0.3, 0.4) is 0 Å². The molecule has 2 aromatic rings. The van der Waals surface area contributed by atoms with E-state index >= 15 is 0 Å². The lowest BCUT2D eigenvalue weighted by Crippen LogP contribution is -2.21. The van der Waals surface area contributed by atoms with Crippen molar-refractivity contribution >= 4 is 5.69 Å². The van der Waals surface area contributed by atoms with Crippen LogP contribution >= 0.6 is 0 Å². The molecule has 0 amide bonds. The number of hydrogen-bond acceptors (Lipinski definition) is 4. The first-order valence-corrected chi connectivity index (χ1v) is 5.04. The van der Waals surface area contributed by atoms with Crippen LogP contribution in [0.4, 0.5) is 5.69 Å². The van der Waals surface area contributed by atoms with Crippen molar-refractivity contribution in [1.82, 2.24) is 4.98 Å². The average molecular weight is 210 g/mol. The lowest BCUT2D eigenvalue weighted by atomic mass is 10.2. The summed E-state index contributed by atoms with van der Waals surface area (Å²) in [6.07, 6.45) is 3.35. The van der Waals surface area contributed by atoms with E-state index in [1.54, 1.807) is 12.4 Å². The van der Waals surface area contributed by atoms with Gasteiger partial charge in [-0.3, -0.25) is 15.0 Å². The number of nitrogens with zero attached hydrogens (tertiary/aromatic N) is 3. The maximum atomic E-state index is 5.70. The van der Waals surface area contributed by atoms with Crippen LogP contribution in [0.5, 0.6) is 0 Å². The van der Waals surface area contributed by atoms with Gasteiger partial charge in [-0.2, -0.15) is 0 Å². The Bertz CT molecular complexity index is 634. The second-order valence-electron chi connectivity index (χ2n) is 3.67. The minimum atomic E-state index is -0.175. The van der Waals surface area contributed by atoms with E-state index < -0.39 is 0 Å². The van der Waals surface area contributed by atoms with E-state index in [1.807, 2.05) is 30.3 Å². The predicted octanol–water partition coefficient (Wildman–Crippen LogP) is 0.615. The molecule has 4 heteroatoms. The van der Waals surface area contributed by atoms with Gasteiger partial charge in [-0.05, 0) is 24.3 Å². The number of pyridine rings is 1. The van der Waals surface area contributed by atoms with Crippen molar-refractivity contribution in [3.8, 4) is 0 Å². The molecule has 0 saturated carbocycles. The summed E-state index contributed by atoms with van der Waals surface area (Å²) in [5.41, 5.74) is 7.41. The molecule has 0 aliphatic carbocycles.